The molecule has 0 bridgehead atoms. The molecule has 2 aromatic carbocycles. The first-order valence-electron chi connectivity index (χ1n) is 28.7. The Balaban J connectivity index is 1.84. The van der Waals surface area contributed by atoms with Gasteiger partial charge in [0.25, 0.3) is 5.60 Å². The lowest BCUT2D eigenvalue weighted by atomic mass is 9.92. The third kappa shape index (κ3) is 21.9. The molecule has 418 valence electrons. The predicted octanol–water partition coefficient (Wildman–Crippen LogP) is 18.3. The molecular formula is C61H103F3O7Si2. The summed E-state index contributed by atoms with van der Waals surface area (Å²) >= 11 is 0. The second-order valence-electron chi connectivity index (χ2n) is 24.1. The molecule has 2 aromatic rings. The van der Waals surface area contributed by atoms with Gasteiger partial charge >= 0.3 is 12.1 Å². The Morgan fingerprint density at radius 2 is 1.16 bits per heavy atom. The minimum absolute atomic E-state index is 0.0611. The summed E-state index contributed by atoms with van der Waals surface area (Å²) in [5.41, 5.74) is -2.53. The normalized spacial score (nSPS) is 18.8. The number of hydrogen-bond acceptors (Lipinski definition) is 7. The Morgan fingerprint density at radius 1 is 0.658 bits per heavy atom. The van der Waals surface area contributed by atoms with E-state index in [1.165, 1.54) is 108 Å². The molecule has 0 aromatic heterocycles. The first-order chi connectivity index (χ1) is 34.5. The summed E-state index contributed by atoms with van der Waals surface area (Å²) in [6, 6.07) is 17.2. The summed E-state index contributed by atoms with van der Waals surface area (Å²) < 4.78 is 85.3. The van der Waals surface area contributed by atoms with Crippen LogP contribution in [0.1, 0.15) is 207 Å². The van der Waals surface area contributed by atoms with Gasteiger partial charge in [-0.2, -0.15) is 13.2 Å². The molecule has 1 aliphatic rings. The van der Waals surface area contributed by atoms with Gasteiger partial charge in [-0.1, -0.05) is 224 Å². The van der Waals surface area contributed by atoms with Crippen LogP contribution in [0.25, 0.3) is 0 Å². The zero-order valence-electron chi connectivity index (χ0n) is 48.0. The van der Waals surface area contributed by atoms with Crippen LogP contribution in [0.3, 0.4) is 0 Å². The molecule has 1 fully saturated rings. The van der Waals surface area contributed by atoms with Gasteiger partial charge in [0.1, 0.15) is 12.2 Å². The molecule has 0 unspecified atom stereocenters. The summed E-state index contributed by atoms with van der Waals surface area (Å²) in [7, 11) is -3.90. The zero-order chi connectivity index (χ0) is 54.0. The number of halogens is 3. The lowest BCUT2D eigenvalue weighted by molar-refractivity contribution is -0.280. The third-order valence-electron chi connectivity index (χ3n) is 16.0. The van der Waals surface area contributed by atoms with E-state index in [1.54, 1.807) is 6.07 Å². The highest BCUT2D eigenvalue weighted by molar-refractivity contribution is 6.74. The second-order valence-corrected chi connectivity index (χ2v) is 33.6. The highest BCUT2D eigenvalue weighted by Crippen LogP contribution is 2.46. The van der Waals surface area contributed by atoms with Crippen molar-refractivity contribution in [3.05, 3.63) is 83.9 Å². The minimum atomic E-state index is -5.12. The number of ether oxygens (including phenoxy) is 4. The zero-order valence-corrected chi connectivity index (χ0v) is 50.0. The number of benzene rings is 2. The van der Waals surface area contributed by atoms with Crippen molar-refractivity contribution in [1.82, 2.24) is 0 Å². The van der Waals surface area contributed by atoms with Crippen LogP contribution in [0, 0.1) is 0 Å². The van der Waals surface area contributed by atoms with E-state index in [0.717, 1.165) is 57.6 Å². The van der Waals surface area contributed by atoms with Gasteiger partial charge in [-0.3, -0.25) is 0 Å². The lowest BCUT2D eigenvalue weighted by Crippen LogP contribution is -2.54. The average Bonchev–Trinajstić information content (AvgIpc) is 3.73. The number of esters is 1. The number of alkyl halides is 3. The number of methoxy groups -OCH3 is 1. The molecule has 0 N–H and O–H groups in total. The quantitative estimate of drug-likeness (QED) is 0.0289. The fourth-order valence-corrected chi connectivity index (χ4v) is 12.1. The summed E-state index contributed by atoms with van der Waals surface area (Å²) in [4.78, 5) is 14.5. The summed E-state index contributed by atoms with van der Waals surface area (Å²) in [5, 5.41) is -0.229. The van der Waals surface area contributed by atoms with Crippen LogP contribution in [0.4, 0.5) is 13.2 Å². The molecule has 1 aliphatic heterocycles. The predicted molar refractivity (Wildman–Crippen MR) is 301 cm³/mol. The van der Waals surface area contributed by atoms with Crippen LogP contribution in [-0.4, -0.2) is 73.0 Å². The Bertz CT molecular complexity index is 1800. The number of hydrogen-bond donors (Lipinski definition) is 0. The van der Waals surface area contributed by atoms with Crippen LogP contribution >= 0.6 is 0 Å². The van der Waals surface area contributed by atoms with Crippen molar-refractivity contribution in [2.75, 3.05) is 13.7 Å². The Hall–Kier alpha value is -2.33. The highest BCUT2D eigenvalue weighted by atomic mass is 28.4. The Morgan fingerprint density at radius 3 is 1.68 bits per heavy atom. The molecule has 1 saturated heterocycles. The van der Waals surface area contributed by atoms with Crippen LogP contribution in [0.15, 0.2) is 72.8 Å². The van der Waals surface area contributed by atoms with Crippen LogP contribution in [0.5, 0.6) is 0 Å². The van der Waals surface area contributed by atoms with Gasteiger partial charge in [0, 0.05) is 25.7 Å². The van der Waals surface area contributed by atoms with E-state index in [-0.39, 0.29) is 28.2 Å². The number of rotatable bonds is 37. The topological polar surface area (TPSA) is 72.5 Å². The van der Waals surface area contributed by atoms with Gasteiger partial charge in [0.05, 0.1) is 24.9 Å². The molecule has 73 heavy (non-hydrogen) atoms. The van der Waals surface area contributed by atoms with Gasteiger partial charge in [-0.15, -0.1) is 0 Å². The van der Waals surface area contributed by atoms with Gasteiger partial charge < -0.3 is 27.8 Å². The third-order valence-corrected chi connectivity index (χ3v) is 25.0. The highest BCUT2D eigenvalue weighted by Gasteiger charge is 2.65. The molecule has 0 aliphatic carbocycles. The van der Waals surface area contributed by atoms with Crippen molar-refractivity contribution in [3.63, 3.8) is 0 Å². The number of carbonyl (C=O) groups is 1. The molecule has 6 atom stereocenters. The number of allylic oxidation sites excluding steroid dienone is 2. The lowest BCUT2D eigenvalue weighted by Gasteiger charge is -2.41. The van der Waals surface area contributed by atoms with Gasteiger partial charge in [0.2, 0.25) is 0 Å². The van der Waals surface area contributed by atoms with E-state index < -0.39 is 58.8 Å². The average molecular weight is 1060 g/mol. The maximum absolute atomic E-state index is 15.4. The Labute approximate surface area is 445 Å². The molecule has 0 saturated carbocycles. The van der Waals surface area contributed by atoms with Crippen molar-refractivity contribution in [1.29, 1.82) is 0 Å². The van der Waals surface area contributed by atoms with E-state index in [4.69, 9.17) is 27.8 Å². The van der Waals surface area contributed by atoms with E-state index in [1.807, 2.05) is 24.3 Å². The van der Waals surface area contributed by atoms with Crippen molar-refractivity contribution in [2.24, 2.45) is 0 Å². The van der Waals surface area contributed by atoms with Crippen molar-refractivity contribution in [2.45, 2.75) is 281 Å². The summed E-state index contributed by atoms with van der Waals surface area (Å²) in [5.74, 6) is -1.51. The van der Waals surface area contributed by atoms with Gasteiger partial charge in [0.15, 0.2) is 16.6 Å². The van der Waals surface area contributed by atoms with E-state index >= 15 is 13.2 Å². The fraction of sp³-hybridized carbons (Fsp3) is 0.754. The second kappa shape index (κ2) is 32.4. The summed E-state index contributed by atoms with van der Waals surface area (Å²) in [6.07, 6.45) is 21.0. The molecule has 0 amide bonds. The monoisotopic (exact) mass is 1060 g/mol. The van der Waals surface area contributed by atoms with Crippen molar-refractivity contribution < 1.29 is 45.8 Å². The Kier molecular flexibility index (Phi) is 28.8. The van der Waals surface area contributed by atoms with Crippen LogP contribution < -0.4 is 0 Å². The van der Waals surface area contributed by atoms with E-state index in [2.05, 4.69) is 92.9 Å². The van der Waals surface area contributed by atoms with Gasteiger partial charge in [-0.25, -0.2) is 4.79 Å². The van der Waals surface area contributed by atoms with Crippen molar-refractivity contribution in [3.8, 4) is 0 Å². The van der Waals surface area contributed by atoms with Gasteiger partial charge in [-0.05, 0) is 80.4 Å². The van der Waals surface area contributed by atoms with Crippen molar-refractivity contribution >= 4 is 22.6 Å². The molecule has 0 radical (unpaired) electrons. The standard InChI is InChI=1S/C61H103F3O7Si2/c1-13-14-15-16-17-18-19-20-21-22-23-24-26-29-38-45-52(70-72(9,10)58(2,3)4)54-48-55(71-73(11,12)59(5,6)7)56(68-54)53(69-57(65)60(66-8,61(62,63)64)51-43-36-33-37-44-51)46-39-30-27-25-28-31-40-47-67-49-50-41-34-32-35-42-50/h27,30,32-37,41-44,52-56H,13-26,28-29,31,38-40,45-49H2,1-12H3/b30-27-/t52-,53-,54-,55+,56+,60-/m0/s1. The number of unbranched alkanes of at least 4 members (excludes halogenated alkanes) is 17. The van der Waals surface area contributed by atoms with Crippen LogP contribution in [-0.2, 0) is 44.8 Å². The first-order valence-corrected chi connectivity index (χ1v) is 34.5. The first kappa shape index (κ1) is 65.0. The molecule has 7 nitrogen and oxygen atoms in total. The minimum Gasteiger partial charge on any atom is -0.457 e. The maximum atomic E-state index is 15.4. The molecule has 3 rings (SSSR count). The molecule has 12 heteroatoms. The fourth-order valence-electron chi connectivity index (χ4n) is 9.34. The smallest absolute Gasteiger partial charge is 0.432 e. The molecular weight excluding hydrogens is 958 g/mol. The molecule has 1 heterocycles. The van der Waals surface area contributed by atoms with E-state index in [0.29, 0.717) is 26.1 Å². The maximum Gasteiger partial charge on any atom is 0.432 e. The largest absolute Gasteiger partial charge is 0.457 e. The summed E-state index contributed by atoms with van der Waals surface area (Å²) in [6.45, 7) is 25.7. The molecule has 0 spiro atoms. The van der Waals surface area contributed by atoms with Crippen LogP contribution in [0.2, 0.25) is 36.3 Å². The van der Waals surface area contributed by atoms with E-state index in [9.17, 15) is 4.79 Å². The number of carbonyl (C=O) groups excluding carboxylic acids is 1. The SMILES string of the molecule is CCCCCCCCCCCCCCCCC[C@H](O[Si](C)(C)C(C)(C)C)[C@@H]1C[C@@H](O[Si](C)(C)C(C)(C)C)[C@@H]([C@H](CC/C=C\CCCCCOCc2ccccc2)OC(=O)[C@@](OC)(c2ccccc2)C(F)(F)F)O1.